The Hall–Kier alpha value is -1.99. The Morgan fingerprint density at radius 3 is 1.22 bits per heavy atom. The molecule has 0 spiro atoms. The van der Waals surface area contributed by atoms with Gasteiger partial charge >= 0.3 is 19.8 Å². The van der Waals surface area contributed by atoms with Crippen molar-refractivity contribution in [1.82, 2.24) is 0 Å². The van der Waals surface area contributed by atoms with Crippen molar-refractivity contribution in [3.63, 3.8) is 0 Å². The number of hydrogen-bond acceptors (Lipinski definition) is 7. The van der Waals surface area contributed by atoms with Gasteiger partial charge in [0.25, 0.3) is 0 Å². The largest absolute Gasteiger partial charge is 0.472 e. The summed E-state index contributed by atoms with van der Waals surface area (Å²) < 4.78 is 32.8. The van der Waals surface area contributed by atoms with Gasteiger partial charge in [-0.2, -0.15) is 0 Å². The zero-order chi connectivity index (χ0) is 43.9. The smallest absolute Gasteiger partial charge is 0.462 e. The summed E-state index contributed by atoms with van der Waals surface area (Å²) in [4.78, 5) is 34.9. The summed E-state index contributed by atoms with van der Waals surface area (Å²) in [6.45, 7) is 5.46. The van der Waals surface area contributed by atoms with Crippen molar-refractivity contribution >= 4 is 19.8 Å². The number of ether oxygens (including phenoxy) is 2. The Balaban J connectivity index is 4.01. The number of phosphoric acid groups is 1. The van der Waals surface area contributed by atoms with Crippen LogP contribution in [-0.2, 0) is 32.7 Å². The van der Waals surface area contributed by atoms with Gasteiger partial charge in [0.2, 0.25) is 0 Å². The molecule has 0 rings (SSSR count). The highest BCUT2D eigenvalue weighted by molar-refractivity contribution is 7.47. The Morgan fingerprint density at radius 1 is 0.450 bits per heavy atom. The topological polar surface area (TPSA) is 108 Å². The predicted molar refractivity (Wildman–Crippen MR) is 253 cm³/mol. The van der Waals surface area contributed by atoms with E-state index in [-0.39, 0.29) is 32.0 Å². The fourth-order valence-electron chi connectivity index (χ4n) is 6.93. The molecule has 0 aromatic carbocycles. The number of allylic oxidation sites excluding steroid dienone is 8. The summed E-state index contributed by atoms with van der Waals surface area (Å²) in [5, 5.41) is 0. The summed E-state index contributed by atoms with van der Waals surface area (Å²) in [6.07, 6.45) is 55.9. The van der Waals surface area contributed by atoms with Gasteiger partial charge in [0, 0.05) is 12.8 Å². The summed E-state index contributed by atoms with van der Waals surface area (Å²) in [5.41, 5.74) is 0. The first-order valence-corrected chi connectivity index (χ1v) is 26.4. The second-order valence-electron chi connectivity index (χ2n) is 16.5. The van der Waals surface area contributed by atoms with Gasteiger partial charge in [-0.15, -0.1) is 0 Å². The van der Waals surface area contributed by atoms with Crippen LogP contribution in [0.5, 0.6) is 0 Å². The molecule has 0 bridgehead atoms. The van der Waals surface area contributed by atoms with Gasteiger partial charge in [-0.05, 0) is 84.0 Å². The maximum atomic E-state index is 12.6. The highest BCUT2D eigenvalue weighted by Gasteiger charge is 2.25. The molecule has 2 unspecified atom stereocenters. The quantitative estimate of drug-likeness (QED) is 0.0279. The van der Waals surface area contributed by atoms with Crippen LogP contribution < -0.4 is 0 Å². The first-order valence-electron chi connectivity index (χ1n) is 24.9. The summed E-state index contributed by atoms with van der Waals surface area (Å²) in [7, 11) is -4.29. The molecule has 8 nitrogen and oxygen atoms in total. The van der Waals surface area contributed by atoms with Crippen LogP contribution in [0.1, 0.15) is 239 Å². The lowest BCUT2D eigenvalue weighted by Crippen LogP contribution is -2.29. The van der Waals surface area contributed by atoms with E-state index in [0.29, 0.717) is 6.42 Å². The normalized spacial score (nSPS) is 13.6. The SMILES string of the molecule is CCCCC/C=C\C/C=C\CCCCCCCCCCCC(=O)OCC(COP(=O)(O)OCC)OC(=O)CCCCCCCCCCC/C=C\C/C=C\CCCCCCC. The number of rotatable bonds is 46. The number of esters is 2. The van der Waals surface area contributed by atoms with E-state index in [1.807, 2.05) is 0 Å². The zero-order valence-electron chi connectivity index (χ0n) is 39.1. The van der Waals surface area contributed by atoms with Crippen molar-refractivity contribution < 1.29 is 37.6 Å². The van der Waals surface area contributed by atoms with Crippen LogP contribution in [0.4, 0.5) is 0 Å². The Kier molecular flexibility index (Phi) is 45.0. The molecule has 9 heteroatoms. The van der Waals surface area contributed by atoms with E-state index in [0.717, 1.165) is 51.4 Å². The molecule has 60 heavy (non-hydrogen) atoms. The fourth-order valence-corrected chi connectivity index (χ4v) is 7.68. The first kappa shape index (κ1) is 58.0. The molecule has 0 heterocycles. The molecule has 0 saturated carbocycles. The third-order valence-electron chi connectivity index (χ3n) is 10.6. The average molecular weight is 865 g/mol. The minimum absolute atomic E-state index is 0.00195. The molecular formula is C51H93O8P. The highest BCUT2D eigenvalue weighted by atomic mass is 31.2. The molecule has 0 aliphatic carbocycles. The van der Waals surface area contributed by atoms with Crippen molar-refractivity contribution in [2.75, 3.05) is 19.8 Å². The van der Waals surface area contributed by atoms with E-state index in [1.165, 1.54) is 148 Å². The molecule has 350 valence electrons. The van der Waals surface area contributed by atoms with Gasteiger partial charge in [-0.1, -0.05) is 191 Å². The molecule has 0 aromatic heterocycles. The number of hydrogen-bond donors (Lipinski definition) is 1. The summed E-state index contributed by atoms with van der Waals surface area (Å²) in [6, 6.07) is 0. The van der Waals surface area contributed by atoms with Crippen LogP contribution >= 0.6 is 7.82 Å². The van der Waals surface area contributed by atoms with Crippen molar-refractivity contribution in [3.8, 4) is 0 Å². The monoisotopic (exact) mass is 865 g/mol. The van der Waals surface area contributed by atoms with Gasteiger partial charge in [0.15, 0.2) is 6.10 Å². The van der Waals surface area contributed by atoms with E-state index in [4.69, 9.17) is 18.5 Å². The molecule has 0 aromatic rings. The molecule has 0 saturated heterocycles. The molecule has 0 radical (unpaired) electrons. The molecule has 0 aliphatic rings. The zero-order valence-corrected chi connectivity index (χ0v) is 40.0. The summed E-state index contributed by atoms with van der Waals surface area (Å²) >= 11 is 0. The van der Waals surface area contributed by atoms with Gasteiger partial charge in [-0.25, -0.2) is 4.57 Å². The lowest BCUT2D eigenvalue weighted by molar-refractivity contribution is -0.161. The number of carbonyl (C=O) groups is 2. The number of phosphoric ester groups is 1. The Labute approximate surface area is 369 Å². The third-order valence-corrected chi connectivity index (χ3v) is 11.7. The van der Waals surface area contributed by atoms with E-state index >= 15 is 0 Å². The minimum Gasteiger partial charge on any atom is -0.462 e. The van der Waals surface area contributed by atoms with Crippen LogP contribution in [0.15, 0.2) is 48.6 Å². The van der Waals surface area contributed by atoms with E-state index in [1.54, 1.807) is 6.92 Å². The maximum Gasteiger partial charge on any atom is 0.472 e. The second-order valence-corrected chi connectivity index (χ2v) is 17.9. The van der Waals surface area contributed by atoms with Crippen LogP contribution in [0.2, 0.25) is 0 Å². The van der Waals surface area contributed by atoms with Crippen LogP contribution in [0.25, 0.3) is 0 Å². The average Bonchev–Trinajstić information content (AvgIpc) is 3.23. The van der Waals surface area contributed by atoms with E-state index < -0.39 is 26.5 Å². The fraction of sp³-hybridized carbons (Fsp3) is 0.804. The van der Waals surface area contributed by atoms with Crippen molar-refractivity contribution in [2.45, 2.75) is 245 Å². The predicted octanol–water partition coefficient (Wildman–Crippen LogP) is 16.1. The van der Waals surface area contributed by atoms with Crippen LogP contribution in [0.3, 0.4) is 0 Å². The number of carbonyl (C=O) groups excluding carboxylic acids is 2. The first-order chi connectivity index (χ1) is 29.3. The van der Waals surface area contributed by atoms with Crippen LogP contribution in [-0.4, -0.2) is 42.8 Å². The van der Waals surface area contributed by atoms with Gasteiger partial charge in [0.1, 0.15) is 6.61 Å². The lowest BCUT2D eigenvalue weighted by atomic mass is 10.1. The Morgan fingerprint density at radius 2 is 0.800 bits per heavy atom. The molecule has 0 aliphatic heterocycles. The van der Waals surface area contributed by atoms with Crippen molar-refractivity contribution in [1.29, 1.82) is 0 Å². The van der Waals surface area contributed by atoms with Crippen molar-refractivity contribution in [3.05, 3.63) is 48.6 Å². The third kappa shape index (κ3) is 45.5. The summed E-state index contributed by atoms with van der Waals surface area (Å²) in [5.74, 6) is -0.802. The van der Waals surface area contributed by atoms with Gasteiger partial charge < -0.3 is 14.4 Å². The molecule has 0 fully saturated rings. The minimum atomic E-state index is -4.29. The van der Waals surface area contributed by atoms with Gasteiger partial charge in [-0.3, -0.25) is 18.6 Å². The lowest BCUT2D eigenvalue weighted by Gasteiger charge is -2.19. The van der Waals surface area contributed by atoms with Gasteiger partial charge in [0.05, 0.1) is 13.2 Å². The molecular weight excluding hydrogens is 772 g/mol. The standard InChI is InChI=1S/C51H93O8P/c1-4-7-9-11-13-15-17-19-21-23-25-26-28-30-32-34-36-38-40-42-44-46-51(53)59-49(48-58-60(54,55)57-6-3)47-56-50(52)45-43-41-39-37-35-33-31-29-27-24-22-20-18-16-14-12-10-8-5-2/h14,16-17,19-20,22-23,25,49H,4-13,15,18,21,24,26-48H2,1-3H3,(H,54,55)/b16-14-,19-17-,22-20-,25-23-. The number of unbranched alkanes of at least 4 members (excludes halogenated alkanes) is 26. The van der Waals surface area contributed by atoms with E-state index in [2.05, 4.69) is 62.5 Å². The molecule has 1 N–H and O–H groups in total. The second kappa shape index (κ2) is 46.5. The van der Waals surface area contributed by atoms with E-state index in [9.17, 15) is 19.0 Å². The molecule has 2 atom stereocenters. The highest BCUT2D eigenvalue weighted by Crippen LogP contribution is 2.43. The Bertz CT molecular complexity index is 1120. The molecule has 0 amide bonds. The van der Waals surface area contributed by atoms with Crippen LogP contribution in [0, 0.1) is 0 Å². The van der Waals surface area contributed by atoms with Crippen molar-refractivity contribution in [2.24, 2.45) is 0 Å². The maximum absolute atomic E-state index is 12.6.